The first-order valence-electron chi connectivity index (χ1n) is 9.34. The van der Waals surface area contributed by atoms with E-state index in [1.807, 2.05) is 24.3 Å². The van der Waals surface area contributed by atoms with Gasteiger partial charge in [-0.1, -0.05) is 25.9 Å². The van der Waals surface area contributed by atoms with Crippen LogP contribution < -0.4 is 0 Å². The second-order valence-electron chi connectivity index (χ2n) is 8.25. The first-order chi connectivity index (χ1) is 12.4. The Morgan fingerprint density at radius 2 is 2.04 bits per heavy atom. The quantitative estimate of drug-likeness (QED) is 0.629. The highest BCUT2D eigenvalue weighted by Crippen LogP contribution is 2.72. The van der Waals surface area contributed by atoms with Crippen LogP contribution in [0.5, 0.6) is 0 Å². The minimum Gasteiger partial charge on any atom is -0.333 e. The zero-order valence-electron chi connectivity index (χ0n) is 15.9. The van der Waals surface area contributed by atoms with Crippen molar-refractivity contribution in [1.82, 2.24) is 15.1 Å². The second-order valence-corrected chi connectivity index (χ2v) is 9.48. The van der Waals surface area contributed by atoms with Gasteiger partial charge in [-0.05, 0) is 67.2 Å². The van der Waals surface area contributed by atoms with Crippen LogP contribution in [0.1, 0.15) is 54.1 Å². The Morgan fingerprint density at radius 1 is 1.23 bits per heavy atom. The summed E-state index contributed by atoms with van der Waals surface area (Å²) >= 11 is 1.81. The molecular weight excluding hydrogens is 342 g/mol. The number of aromatic nitrogens is 3. The number of hydrogen-bond donors (Lipinski definition) is 0. The summed E-state index contributed by atoms with van der Waals surface area (Å²) in [6.07, 6.45) is 2.05. The molecule has 2 aliphatic carbocycles. The lowest BCUT2D eigenvalue weighted by Gasteiger charge is -2.08. The molecule has 0 aromatic carbocycles. The van der Waals surface area contributed by atoms with Gasteiger partial charge >= 0.3 is 0 Å². The maximum Gasteiger partial charge on any atom is 0.268 e. The highest BCUT2D eigenvalue weighted by molar-refractivity contribution is 7.15. The van der Waals surface area contributed by atoms with Crippen molar-refractivity contribution in [3.63, 3.8) is 0 Å². The lowest BCUT2D eigenvalue weighted by atomic mass is 9.95. The molecule has 1 saturated carbocycles. The molecule has 0 amide bonds. The first-order valence-corrected chi connectivity index (χ1v) is 10.2. The molecule has 1 fully saturated rings. The number of hydrogen-bond acceptors (Lipinski definition) is 5. The topological polar surface area (TPSA) is 51.8 Å². The van der Waals surface area contributed by atoms with E-state index in [0.717, 1.165) is 41.6 Å². The summed E-state index contributed by atoms with van der Waals surface area (Å²) in [5.74, 6) is 2.83. The molecule has 0 bridgehead atoms. The van der Waals surface area contributed by atoms with Crippen molar-refractivity contribution in [3.05, 3.63) is 39.5 Å². The molecule has 2 aliphatic rings. The molecule has 0 spiro atoms. The van der Waals surface area contributed by atoms with Crippen LogP contribution >= 0.6 is 11.3 Å². The molecule has 26 heavy (non-hydrogen) atoms. The van der Waals surface area contributed by atoms with Crippen molar-refractivity contribution in [3.8, 4) is 22.2 Å². The van der Waals surface area contributed by atoms with E-state index >= 15 is 0 Å². The minimum absolute atomic E-state index is 0.460. The first kappa shape index (κ1) is 16.2. The fraction of sp³-hybridized carbons (Fsp3) is 0.476. The Labute approximate surface area is 157 Å². The van der Waals surface area contributed by atoms with E-state index in [2.05, 4.69) is 43.9 Å². The molecule has 134 valence electrons. The van der Waals surface area contributed by atoms with Crippen LogP contribution in [-0.2, 0) is 12.8 Å². The summed E-state index contributed by atoms with van der Waals surface area (Å²) in [6, 6.07) is 4.08. The van der Waals surface area contributed by atoms with Crippen molar-refractivity contribution in [2.24, 2.45) is 11.3 Å². The monoisotopic (exact) mass is 365 g/mol. The van der Waals surface area contributed by atoms with Gasteiger partial charge in [0, 0.05) is 21.8 Å². The minimum atomic E-state index is 0.460. The molecule has 4 nitrogen and oxygen atoms in total. The number of rotatable bonds is 3. The Morgan fingerprint density at radius 3 is 2.81 bits per heavy atom. The largest absolute Gasteiger partial charge is 0.333 e. The molecule has 3 aromatic rings. The van der Waals surface area contributed by atoms with E-state index < -0.39 is 0 Å². The lowest BCUT2D eigenvalue weighted by Crippen LogP contribution is -1.99. The molecule has 2 unspecified atom stereocenters. The zero-order chi connectivity index (χ0) is 18.2. The molecule has 2 atom stereocenters. The fourth-order valence-electron chi connectivity index (χ4n) is 4.79. The molecule has 5 heteroatoms. The molecule has 3 heterocycles. The van der Waals surface area contributed by atoms with Crippen LogP contribution in [0.4, 0.5) is 0 Å². The molecule has 0 aliphatic heterocycles. The number of thiophene rings is 1. The van der Waals surface area contributed by atoms with Crippen molar-refractivity contribution in [2.75, 3.05) is 0 Å². The van der Waals surface area contributed by atoms with Crippen molar-refractivity contribution in [1.29, 1.82) is 0 Å². The van der Waals surface area contributed by atoms with Crippen LogP contribution in [0, 0.1) is 25.2 Å². The molecule has 3 aromatic heterocycles. The third-order valence-electron chi connectivity index (χ3n) is 6.27. The maximum absolute atomic E-state index is 5.69. The predicted octanol–water partition coefficient (Wildman–Crippen LogP) is 5.34. The summed E-state index contributed by atoms with van der Waals surface area (Å²) in [5.41, 5.74) is 6.51. The Hall–Kier alpha value is -2.01. The second kappa shape index (κ2) is 5.26. The third kappa shape index (κ3) is 2.16. The van der Waals surface area contributed by atoms with Gasteiger partial charge in [-0.15, -0.1) is 11.3 Å². The van der Waals surface area contributed by atoms with Gasteiger partial charge in [-0.2, -0.15) is 4.98 Å². The van der Waals surface area contributed by atoms with Crippen LogP contribution in [0.3, 0.4) is 0 Å². The normalized spacial score (nSPS) is 22.3. The Balaban J connectivity index is 1.54. The van der Waals surface area contributed by atoms with E-state index in [0.29, 0.717) is 17.1 Å². The van der Waals surface area contributed by atoms with Gasteiger partial charge in [0.05, 0.1) is 4.88 Å². The van der Waals surface area contributed by atoms with E-state index in [1.54, 1.807) is 5.56 Å². The Kier molecular flexibility index (Phi) is 3.27. The van der Waals surface area contributed by atoms with E-state index in [4.69, 9.17) is 9.51 Å². The number of aryl methyl sites for hydroxylation is 3. The third-order valence-corrected chi connectivity index (χ3v) is 7.42. The van der Waals surface area contributed by atoms with Gasteiger partial charge < -0.3 is 4.52 Å². The SMILES string of the molecule is CCc1cc(-c2noc(-c3sc(C)c4c3CC3C4C3(C)C)n2)cc(C)n1. The number of fused-ring (bicyclic) bond motifs is 3. The summed E-state index contributed by atoms with van der Waals surface area (Å²) in [4.78, 5) is 11.9. The predicted molar refractivity (Wildman–Crippen MR) is 103 cm³/mol. The molecule has 0 saturated heterocycles. The summed E-state index contributed by atoms with van der Waals surface area (Å²) in [5, 5.41) is 4.27. The van der Waals surface area contributed by atoms with Gasteiger partial charge in [0.15, 0.2) is 0 Å². The smallest absolute Gasteiger partial charge is 0.268 e. The zero-order valence-corrected chi connectivity index (χ0v) is 16.7. The van der Waals surface area contributed by atoms with Gasteiger partial charge in [-0.25, -0.2) is 0 Å². The van der Waals surface area contributed by atoms with Gasteiger partial charge in [0.2, 0.25) is 5.82 Å². The van der Waals surface area contributed by atoms with E-state index in [1.165, 1.54) is 15.3 Å². The summed E-state index contributed by atoms with van der Waals surface area (Å²) < 4.78 is 5.69. The summed E-state index contributed by atoms with van der Waals surface area (Å²) in [7, 11) is 0. The molecule has 0 N–H and O–H groups in total. The van der Waals surface area contributed by atoms with Gasteiger partial charge in [0.1, 0.15) is 0 Å². The average molecular weight is 366 g/mol. The van der Waals surface area contributed by atoms with Crippen LogP contribution in [0.15, 0.2) is 16.7 Å². The molecule has 5 rings (SSSR count). The van der Waals surface area contributed by atoms with Crippen molar-refractivity contribution in [2.45, 2.75) is 53.4 Å². The van der Waals surface area contributed by atoms with Crippen LogP contribution in [0.2, 0.25) is 0 Å². The van der Waals surface area contributed by atoms with E-state index in [9.17, 15) is 0 Å². The van der Waals surface area contributed by atoms with Crippen LogP contribution in [0.25, 0.3) is 22.2 Å². The van der Waals surface area contributed by atoms with E-state index in [-0.39, 0.29) is 0 Å². The number of pyridine rings is 1. The maximum atomic E-state index is 5.69. The average Bonchev–Trinajstić information content (AvgIpc) is 3.11. The molecular formula is C21H23N3OS. The van der Waals surface area contributed by atoms with Crippen LogP contribution in [-0.4, -0.2) is 15.1 Å². The highest BCUT2D eigenvalue weighted by Gasteiger charge is 2.63. The fourth-order valence-corrected chi connectivity index (χ4v) is 5.94. The Bertz CT molecular complexity index is 1030. The lowest BCUT2D eigenvalue weighted by molar-refractivity contribution is 0.432. The van der Waals surface area contributed by atoms with Gasteiger partial charge in [-0.3, -0.25) is 4.98 Å². The van der Waals surface area contributed by atoms with Gasteiger partial charge in [0.25, 0.3) is 5.89 Å². The standard InChI is InChI=1S/C21H23N3OS/c1-6-13-8-12(7-10(2)22-13)19-23-20(25-24-19)18-14-9-15-17(21(15,4)5)16(14)11(3)26-18/h7-8,15,17H,6,9H2,1-5H3. The summed E-state index contributed by atoms with van der Waals surface area (Å²) in [6.45, 7) is 11.1. The van der Waals surface area contributed by atoms with Crippen molar-refractivity contribution < 1.29 is 4.52 Å². The number of nitrogens with zero attached hydrogens (tertiary/aromatic N) is 3. The molecule has 0 radical (unpaired) electrons. The highest BCUT2D eigenvalue weighted by atomic mass is 32.1. The van der Waals surface area contributed by atoms with Crippen molar-refractivity contribution >= 4 is 11.3 Å².